The molecule has 0 atom stereocenters. The highest BCUT2D eigenvalue weighted by Crippen LogP contribution is 2.21. The number of para-hydroxylation sites is 1. The van der Waals surface area contributed by atoms with Gasteiger partial charge in [0.05, 0.1) is 0 Å². The molecule has 28 heavy (non-hydrogen) atoms. The van der Waals surface area contributed by atoms with Gasteiger partial charge in [0, 0.05) is 37.2 Å². The average Bonchev–Trinajstić information content (AvgIpc) is 3.18. The summed E-state index contributed by atoms with van der Waals surface area (Å²) >= 11 is 0. The smallest absolute Gasteiger partial charge is 0.329 e. The number of aromatic nitrogens is 5. The molecular formula is C20H24N6O2. The van der Waals surface area contributed by atoms with Crippen molar-refractivity contribution in [2.24, 2.45) is 7.05 Å². The van der Waals surface area contributed by atoms with E-state index in [0.29, 0.717) is 23.5 Å². The molecule has 1 aromatic carbocycles. The van der Waals surface area contributed by atoms with Crippen molar-refractivity contribution in [1.29, 1.82) is 0 Å². The SMILES string of the molecule is CCc1ccccc1NCCn1c(C)c(C)n2c3c(=O)[nH]c(=O)n(C)c3nc12. The molecule has 4 aromatic rings. The van der Waals surface area contributed by atoms with E-state index < -0.39 is 11.2 Å². The van der Waals surface area contributed by atoms with Gasteiger partial charge in [-0.15, -0.1) is 0 Å². The predicted molar refractivity (Wildman–Crippen MR) is 110 cm³/mol. The molecule has 3 aromatic heterocycles. The number of nitrogens with zero attached hydrogens (tertiary/aromatic N) is 4. The number of rotatable bonds is 5. The van der Waals surface area contributed by atoms with Crippen LogP contribution in [0.5, 0.6) is 0 Å². The second kappa shape index (κ2) is 6.70. The lowest BCUT2D eigenvalue weighted by atomic mass is 10.1. The van der Waals surface area contributed by atoms with Gasteiger partial charge in [-0.1, -0.05) is 25.1 Å². The lowest BCUT2D eigenvalue weighted by molar-refractivity contribution is 0.722. The van der Waals surface area contributed by atoms with Crippen LogP contribution < -0.4 is 16.6 Å². The first-order chi connectivity index (χ1) is 13.4. The van der Waals surface area contributed by atoms with E-state index in [1.54, 1.807) is 7.05 Å². The van der Waals surface area contributed by atoms with Crippen LogP contribution in [0.1, 0.15) is 23.9 Å². The number of fused-ring (bicyclic) bond motifs is 3. The van der Waals surface area contributed by atoms with Gasteiger partial charge in [-0.25, -0.2) is 4.79 Å². The van der Waals surface area contributed by atoms with Crippen molar-refractivity contribution < 1.29 is 0 Å². The molecule has 0 radical (unpaired) electrons. The van der Waals surface area contributed by atoms with Crippen LogP contribution in [0.25, 0.3) is 16.9 Å². The minimum Gasteiger partial charge on any atom is -0.383 e. The number of aromatic amines is 1. The van der Waals surface area contributed by atoms with Crippen molar-refractivity contribution in [3.8, 4) is 0 Å². The highest BCUT2D eigenvalue weighted by Gasteiger charge is 2.20. The van der Waals surface area contributed by atoms with Crippen LogP contribution >= 0.6 is 0 Å². The van der Waals surface area contributed by atoms with Crippen molar-refractivity contribution >= 4 is 22.6 Å². The summed E-state index contributed by atoms with van der Waals surface area (Å²) in [6, 6.07) is 8.28. The fraction of sp³-hybridized carbons (Fsp3) is 0.350. The summed E-state index contributed by atoms with van der Waals surface area (Å²) in [6.45, 7) is 7.54. The highest BCUT2D eigenvalue weighted by atomic mass is 16.2. The molecule has 0 saturated heterocycles. The minimum atomic E-state index is -0.461. The third-order valence-corrected chi connectivity index (χ3v) is 5.45. The standard InChI is InChI=1S/C20H24N6O2/c1-5-14-8-6-7-9-15(14)21-10-11-25-12(2)13(3)26-16-17(22-19(25)26)24(4)20(28)23-18(16)27/h6-9,21H,5,10-11H2,1-4H3,(H,23,27,28). The number of nitrogens with one attached hydrogen (secondary N) is 2. The first-order valence-corrected chi connectivity index (χ1v) is 9.43. The molecule has 0 bridgehead atoms. The molecule has 8 nitrogen and oxygen atoms in total. The van der Waals surface area contributed by atoms with Gasteiger partial charge in [0.1, 0.15) is 0 Å². The number of imidazole rings is 2. The molecule has 0 fully saturated rings. The van der Waals surface area contributed by atoms with E-state index in [-0.39, 0.29) is 0 Å². The van der Waals surface area contributed by atoms with Gasteiger partial charge in [-0.3, -0.25) is 18.7 Å². The van der Waals surface area contributed by atoms with Crippen molar-refractivity contribution in [2.75, 3.05) is 11.9 Å². The predicted octanol–water partition coefficient (Wildman–Crippen LogP) is 1.97. The highest BCUT2D eigenvalue weighted by molar-refractivity contribution is 5.76. The Morgan fingerprint density at radius 1 is 1.14 bits per heavy atom. The van der Waals surface area contributed by atoms with Gasteiger partial charge in [0.15, 0.2) is 11.2 Å². The van der Waals surface area contributed by atoms with E-state index in [9.17, 15) is 9.59 Å². The van der Waals surface area contributed by atoms with E-state index in [4.69, 9.17) is 0 Å². The summed E-state index contributed by atoms with van der Waals surface area (Å²) in [7, 11) is 1.61. The van der Waals surface area contributed by atoms with Crippen molar-refractivity contribution in [1.82, 2.24) is 23.5 Å². The molecule has 0 amide bonds. The maximum atomic E-state index is 12.4. The van der Waals surface area contributed by atoms with E-state index in [1.165, 1.54) is 10.1 Å². The molecule has 2 N–H and O–H groups in total. The molecule has 146 valence electrons. The molecule has 0 unspecified atom stereocenters. The fourth-order valence-corrected chi connectivity index (χ4v) is 3.75. The maximum absolute atomic E-state index is 12.4. The van der Waals surface area contributed by atoms with Gasteiger partial charge in [0.25, 0.3) is 5.56 Å². The first kappa shape index (κ1) is 18.1. The average molecular weight is 380 g/mol. The minimum absolute atomic E-state index is 0.393. The Bertz CT molecular complexity index is 1300. The summed E-state index contributed by atoms with van der Waals surface area (Å²) in [4.78, 5) is 31.3. The van der Waals surface area contributed by atoms with Gasteiger partial charge < -0.3 is 9.88 Å². The Morgan fingerprint density at radius 2 is 1.89 bits per heavy atom. The monoisotopic (exact) mass is 380 g/mol. The van der Waals surface area contributed by atoms with Gasteiger partial charge in [-0.05, 0) is 31.9 Å². The second-order valence-corrected chi connectivity index (χ2v) is 7.00. The van der Waals surface area contributed by atoms with E-state index in [0.717, 1.165) is 30.0 Å². The summed E-state index contributed by atoms with van der Waals surface area (Å²) < 4.78 is 5.29. The topological polar surface area (TPSA) is 89.1 Å². The Balaban J connectivity index is 1.75. The molecule has 0 spiro atoms. The third-order valence-electron chi connectivity index (χ3n) is 5.45. The van der Waals surface area contributed by atoms with Crippen LogP contribution in [0.4, 0.5) is 5.69 Å². The summed E-state index contributed by atoms with van der Waals surface area (Å²) in [5.74, 6) is 0.669. The van der Waals surface area contributed by atoms with Gasteiger partial charge >= 0.3 is 5.69 Å². The van der Waals surface area contributed by atoms with Crippen LogP contribution in [-0.2, 0) is 20.0 Å². The van der Waals surface area contributed by atoms with Crippen LogP contribution in [0.15, 0.2) is 33.9 Å². The van der Waals surface area contributed by atoms with Crippen LogP contribution in [0.3, 0.4) is 0 Å². The molecule has 8 heteroatoms. The largest absolute Gasteiger partial charge is 0.383 e. The van der Waals surface area contributed by atoms with Crippen molar-refractivity contribution in [3.05, 3.63) is 62.1 Å². The molecular weight excluding hydrogens is 356 g/mol. The summed E-state index contributed by atoms with van der Waals surface area (Å²) in [6.07, 6.45) is 0.970. The lowest BCUT2D eigenvalue weighted by Crippen LogP contribution is -2.28. The van der Waals surface area contributed by atoms with E-state index in [1.807, 2.05) is 30.4 Å². The number of anilines is 1. The molecule has 0 aliphatic carbocycles. The Morgan fingerprint density at radius 3 is 2.64 bits per heavy atom. The van der Waals surface area contributed by atoms with Gasteiger partial charge in [-0.2, -0.15) is 4.98 Å². The van der Waals surface area contributed by atoms with Crippen LogP contribution in [0.2, 0.25) is 0 Å². The fourth-order valence-electron chi connectivity index (χ4n) is 3.75. The number of benzene rings is 1. The van der Waals surface area contributed by atoms with Crippen LogP contribution in [-0.4, -0.2) is 30.0 Å². The molecule has 3 heterocycles. The zero-order valence-electron chi connectivity index (χ0n) is 16.5. The van der Waals surface area contributed by atoms with Gasteiger partial charge in [0.2, 0.25) is 5.78 Å². The molecule has 0 aliphatic rings. The molecule has 4 rings (SSSR count). The van der Waals surface area contributed by atoms with E-state index in [2.05, 4.69) is 38.9 Å². The van der Waals surface area contributed by atoms with Crippen molar-refractivity contribution in [3.63, 3.8) is 0 Å². The zero-order valence-corrected chi connectivity index (χ0v) is 16.5. The maximum Gasteiger partial charge on any atom is 0.329 e. The summed E-state index contributed by atoms with van der Waals surface area (Å²) in [5, 5.41) is 3.50. The Hall–Kier alpha value is -3.29. The molecule has 0 saturated carbocycles. The quantitative estimate of drug-likeness (QED) is 0.554. The number of aryl methyl sites for hydroxylation is 3. The summed E-state index contributed by atoms with van der Waals surface area (Å²) in [5.41, 5.74) is 4.32. The normalized spacial score (nSPS) is 11.6. The Labute approximate surface area is 161 Å². The lowest BCUT2D eigenvalue weighted by Gasteiger charge is -2.12. The third kappa shape index (κ3) is 2.64. The number of hydrogen-bond acceptors (Lipinski definition) is 4. The Kier molecular flexibility index (Phi) is 4.33. The molecule has 0 aliphatic heterocycles. The van der Waals surface area contributed by atoms with Crippen molar-refractivity contribution in [2.45, 2.75) is 33.7 Å². The first-order valence-electron chi connectivity index (χ1n) is 9.43. The zero-order chi connectivity index (χ0) is 20.0. The number of H-pyrrole nitrogens is 1. The van der Waals surface area contributed by atoms with Crippen LogP contribution in [0, 0.1) is 13.8 Å². The second-order valence-electron chi connectivity index (χ2n) is 7.00. The number of hydrogen-bond donors (Lipinski definition) is 2. The van der Waals surface area contributed by atoms with E-state index >= 15 is 0 Å².